The lowest BCUT2D eigenvalue weighted by atomic mass is 10.0. The Labute approximate surface area is 185 Å². The van der Waals surface area contributed by atoms with Crippen LogP contribution in [-0.2, 0) is 34.1 Å². The van der Waals surface area contributed by atoms with Crippen LogP contribution in [0.1, 0.15) is 23.6 Å². The molecule has 1 aliphatic carbocycles. The maximum atomic E-state index is 14.3. The van der Waals surface area contributed by atoms with Gasteiger partial charge in [-0.2, -0.15) is 0 Å². The van der Waals surface area contributed by atoms with Crippen molar-refractivity contribution in [3.63, 3.8) is 0 Å². The maximum Gasteiger partial charge on any atom is 0.241 e. The fourth-order valence-corrected chi connectivity index (χ4v) is 5.46. The highest BCUT2D eigenvalue weighted by Crippen LogP contribution is 2.39. The van der Waals surface area contributed by atoms with Gasteiger partial charge in [0.1, 0.15) is 10.7 Å². The number of carbonyl (C=O) groups is 1. The summed E-state index contributed by atoms with van der Waals surface area (Å²) in [5, 5.41) is 5.17. The number of sulfonamides is 1. The summed E-state index contributed by atoms with van der Waals surface area (Å²) in [5.41, 5.74) is 5.17. The van der Waals surface area contributed by atoms with E-state index in [4.69, 9.17) is 5.14 Å². The average molecular weight is 452 g/mol. The summed E-state index contributed by atoms with van der Waals surface area (Å²) in [6.45, 7) is 1.88. The van der Waals surface area contributed by atoms with Gasteiger partial charge in [0.25, 0.3) is 0 Å². The Morgan fingerprint density at radius 2 is 1.84 bits per heavy atom. The number of benzene rings is 2. The second kappa shape index (κ2) is 7.50. The van der Waals surface area contributed by atoms with Crippen molar-refractivity contribution >= 4 is 21.6 Å². The summed E-state index contributed by atoms with van der Waals surface area (Å²) >= 11 is 0. The van der Waals surface area contributed by atoms with Crippen molar-refractivity contribution < 1.29 is 17.6 Å². The first-order valence-corrected chi connectivity index (χ1v) is 12.0. The molecule has 2 atom stereocenters. The molecule has 0 unspecified atom stereocenters. The molecular weight excluding hydrogens is 429 g/mol. The number of nitrogens with zero attached hydrogens (tertiary/aromatic N) is 2. The lowest BCUT2D eigenvalue weighted by Gasteiger charge is -2.26. The summed E-state index contributed by atoms with van der Waals surface area (Å²) in [7, 11) is -4.23. The minimum absolute atomic E-state index is 0.0844. The number of rotatable bonds is 3. The van der Waals surface area contributed by atoms with Crippen molar-refractivity contribution in [2.24, 2.45) is 11.1 Å². The second-order valence-electron chi connectivity index (χ2n) is 8.52. The van der Waals surface area contributed by atoms with Crippen molar-refractivity contribution in [2.75, 3.05) is 4.90 Å². The number of hydrogen-bond donors (Lipinski definition) is 1. The zero-order chi connectivity index (χ0) is 22.6. The van der Waals surface area contributed by atoms with Gasteiger partial charge in [-0.3, -0.25) is 9.78 Å². The molecular formula is C24H22FN3O3S. The first kappa shape index (κ1) is 20.8. The Balaban J connectivity index is 1.44. The van der Waals surface area contributed by atoms with Gasteiger partial charge in [0.05, 0.1) is 5.69 Å². The number of halogens is 1. The predicted octanol–water partition coefficient (Wildman–Crippen LogP) is 3.23. The highest BCUT2D eigenvalue weighted by Gasteiger charge is 2.38. The molecule has 2 aliphatic rings. The molecule has 1 amide bonds. The molecule has 1 aliphatic heterocycles. The Bertz CT molecular complexity index is 1340. The van der Waals surface area contributed by atoms with Gasteiger partial charge in [-0.15, -0.1) is 0 Å². The molecule has 0 bridgehead atoms. The number of nitrogens with two attached hydrogens (primary N) is 1. The van der Waals surface area contributed by atoms with Crippen molar-refractivity contribution in [1.29, 1.82) is 0 Å². The molecule has 3 aromatic rings. The van der Waals surface area contributed by atoms with E-state index in [0.717, 1.165) is 22.4 Å². The van der Waals surface area contributed by atoms with Gasteiger partial charge in [0.15, 0.2) is 0 Å². The fraction of sp³-hybridized carbons (Fsp3) is 0.250. The molecule has 0 saturated heterocycles. The van der Waals surface area contributed by atoms with Crippen LogP contribution in [0.25, 0.3) is 11.3 Å². The summed E-state index contributed by atoms with van der Waals surface area (Å²) in [4.78, 5) is 19.0. The number of pyridine rings is 1. The molecule has 0 spiro atoms. The SMILES string of the molecule is C[C@H]1Cc2cc(F)c(S(N)(=O)=O)cc2N1C(=O)[C@H]1Cc2ccc(-c3ccccn3)cc2C1. The standard InChI is InChI=1S/C24H22FN3O3S/c1-14-8-18-12-20(25)23(32(26,30)31)13-22(18)28(14)24(29)19-9-15-5-6-16(10-17(15)11-19)21-4-2-3-7-27-21/h2-7,10,12-14,19H,8-9,11H2,1H3,(H2,26,30,31)/t14-,19-/m0/s1. The Kier molecular flexibility index (Phi) is 4.87. The van der Waals surface area contributed by atoms with Crippen LogP contribution in [0.2, 0.25) is 0 Å². The van der Waals surface area contributed by atoms with Crippen LogP contribution in [0.15, 0.2) is 59.6 Å². The number of amides is 1. The fourth-order valence-electron chi connectivity index (χ4n) is 4.85. The highest BCUT2D eigenvalue weighted by molar-refractivity contribution is 7.89. The van der Waals surface area contributed by atoms with Crippen LogP contribution >= 0.6 is 0 Å². The number of primary sulfonamides is 1. The molecule has 164 valence electrons. The predicted molar refractivity (Wildman–Crippen MR) is 119 cm³/mol. The molecule has 2 N–H and O–H groups in total. The van der Waals surface area contributed by atoms with E-state index in [-0.39, 0.29) is 17.9 Å². The van der Waals surface area contributed by atoms with Gasteiger partial charge in [-0.05, 0) is 73.2 Å². The number of fused-ring (bicyclic) bond motifs is 2. The number of carbonyl (C=O) groups excluding carboxylic acids is 1. The molecule has 0 radical (unpaired) electrons. The number of aromatic nitrogens is 1. The minimum Gasteiger partial charge on any atom is -0.309 e. The molecule has 2 aromatic carbocycles. The lowest BCUT2D eigenvalue weighted by Crippen LogP contribution is -2.40. The Morgan fingerprint density at radius 1 is 1.06 bits per heavy atom. The molecule has 5 rings (SSSR count). The summed E-state index contributed by atoms with van der Waals surface area (Å²) in [5.74, 6) is -1.23. The normalized spacial score (nSPS) is 19.7. The van der Waals surface area contributed by atoms with Crippen molar-refractivity contribution in [1.82, 2.24) is 4.98 Å². The summed E-state index contributed by atoms with van der Waals surface area (Å²) < 4.78 is 37.9. The van der Waals surface area contributed by atoms with Gasteiger partial charge in [-0.25, -0.2) is 17.9 Å². The van der Waals surface area contributed by atoms with E-state index >= 15 is 0 Å². The molecule has 1 aromatic heterocycles. The molecule has 0 fully saturated rings. The molecule has 6 nitrogen and oxygen atoms in total. The lowest BCUT2D eigenvalue weighted by molar-refractivity contribution is -0.122. The second-order valence-corrected chi connectivity index (χ2v) is 10.1. The maximum absolute atomic E-state index is 14.3. The first-order chi connectivity index (χ1) is 15.2. The Morgan fingerprint density at radius 3 is 2.56 bits per heavy atom. The number of anilines is 1. The van der Waals surface area contributed by atoms with Gasteiger partial charge in [0.2, 0.25) is 15.9 Å². The van der Waals surface area contributed by atoms with Crippen molar-refractivity contribution in [2.45, 2.75) is 37.1 Å². The third-order valence-corrected chi connectivity index (χ3v) is 7.27. The molecule has 32 heavy (non-hydrogen) atoms. The summed E-state index contributed by atoms with van der Waals surface area (Å²) in [6.07, 6.45) is 3.42. The van der Waals surface area contributed by atoms with Crippen molar-refractivity contribution in [3.8, 4) is 11.3 Å². The zero-order valence-electron chi connectivity index (χ0n) is 17.5. The average Bonchev–Trinajstić information content (AvgIpc) is 3.32. The Hall–Kier alpha value is -3.10. The van der Waals surface area contributed by atoms with Crippen LogP contribution in [0.5, 0.6) is 0 Å². The van der Waals surface area contributed by atoms with E-state index in [0.29, 0.717) is 30.5 Å². The largest absolute Gasteiger partial charge is 0.309 e. The zero-order valence-corrected chi connectivity index (χ0v) is 18.3. The van der Waals surface area contributed by atoms with Crippen LogP contribution in [0.4, 0.5) is 10.1 Å². The van der Waals surface area contributed by atoms with Gasteiger partial charge in [-0.1, -0.05) is 18.2 Å². The van der Waals surface area contributed by atoms with E-state index < -0.39 is 20.7 Å². The molecule has 0 saturated carbocycles. The number of hydrogen-bond acceptors (Lipinski definition) is 4. The quantitative estimate of drug-likeness (QED) is 0.662. The van der Waals surface area contributed by atoms with E-state index in [2.05, 4.69) is 11.1 Å². The van der Waals surface area contributed by atoms with Crippen LogP contribution in [0.3, 0.4) is 0 Å². The van der Waals surface area contributed by atoms with Gasteiger partial charge >= 0.3 is 0 Å². The smallest absolute Gasteiger partial charge is 0.241 e. The van der Waals surface area contributed by atoms with E-state index in [1.807, 2.05) is 37.3 Å². The topological polar surface area (TPSA) is 93.4 Å². The van der Waals surface area contributed by atoms with Gasteiger partial charge in [0, 0.05) is 29.4 Å². The van der Waals surface area contributed by atoms with E-state index in [9.17, 15) is 17.6 Å². The van der Waals surface area contributed by atoms with Crippen LogP contribution in [0, 0.1) is 11.7 Å². The summed E-state index contributed by atoms with van der Waals surface area (Å²) in [6, 6.07) is 14.1. The van der Waals surface area contributed by atoms with Crippen molar-refractivity contribution in [3.05, 3.63) is 77.2 Å². The monoisotopic (exact) mass is 451 g/mol. The van der Waals surface area contributed by atoms with Gasteiger partial charge < -0.3 is 4.90 Å². The minimum atomic E-state index is -4.23. The third-order valence-electron chi connectivity index (χ3n) is 6.34. The van der Waals surface area contributed by atoms with E-state index in [1.54, 1.807) is 11.1 Å². The van der Waals surface area contributed by atoms with E-state index in [1.165, 1.54) is 12.1 Å². The third kappa shape index (κ3) is 3.49. The van der Waals surface area contributed by atoms with Crippen LogP contribution in [-0.4, -0.2) is 25.4 Å². The highest BCUT2D eigenvalue weighted by atomic mass is 32.2. The molecule has 2 heterocycles. The first-order valence-electron chi connectivity index (χ1n) is 10.4. The molecule has 8 heteroatoms. The van der Waals surface area contributed by atoms with Crippen LogP contribution < -0.4 is 10.0 Å².